The Morgan fingerprint density at radius 1 is 1.03 bits per heavy atom. The van der Waals surface area contributed by atoms with E-state index in [2.05, 4.69) is 32.1 Å². The van der Waals surface area contributed by atoms with Gasteiger partial charge in [-0.15, -0.1) is 10.2 Å². The maximum atomic E-state index is 12.7. The summed E-state index contributed by atoms with van der Waals surface area (Å²) in [6.45, 7) is 6.14. The van der Waals surface area contributed by atoms with Crippen LogP contribution in [0.4, 0.5) is 11.6 Å². The van der Waals surface area contributed by atoms with Crippen LogP contribution in [0.5, 0.6) is 5.75 Å². The lowest BCUT2D eigenvalue weighted by Gasteiger charge is -2.36. The number of aromatic nitrogens is 3. The number of hydrogen-bond acceptors (Lipinski definition) is 8. The minimum atomic E-state index is 0.144. The number of rotatable bonds is 6. The summed E-state index contributed by atoms with van der Waals surface area (Å²) >= 11 is 1.45. The molecule has 0 unspecified atom stereocenters. The number of morpholine rings is 1. The number of amides is 1. The van der Waals surface area contributed by atoms with E-state index in [1.54, 1.807) is 7.11 Å². The van der Waals surface area contributed by atoms with E-state index in [-0.39, 0.29) is 5.91 Å². The fraction of sp³-hybridized carbons (Fsp3) is 0.550. The first kappa shape index (κ1) is 20.8. The lowest BCUT2D eigenvalue weighted by atomic mass is 10.2. The molecule has 2 fully saturated rings. The molecule has 0 atom stereocenters. The van der Waals surface area contributed by atoms with Crippen molar-refractivity contribution in [2.75, 3.05) is 75.1 Å². The highest BCUT2D eigenvalue weighted by Crippen LogP contribution is 2.23. The Balaban J connectivity index is 1.26. The van der Waals surface area contributed by atoms with Crippen molar-refractivity contribution in [3.05, 3.63) is 24.3 Å². The Bertz CT molecular complexity index is 845. The third-order valence-corrected chi connectivity index (χ3v) is 6.51. The van der Waals surface area contributed by atoms with E-state index >= 15 is 0 Å². The second-order valence-electron chi connectivity index (χ2n) is 7.30. The monoisotopic (exact) mass is 432 g/mol. The lowest BCUT2D eigenvalue weighted by Crippen LogP contribution is -2.49. The molecule has 0 spiro atoms. The first-order valence-electron chi connectivity index (χ1n) is 10.2. The fourth-order valence-electron chi connectivity index (χ4n) is 3.70. The van der Waals surface area contributed by atoms with Gasteiger partial charge in [0.05, 0.1) is 26.1 Å². The maximum Gasteiger partial charge on any atom is 0.233 e. The van der Waals surface area contributed by atoms with Gasteiger partial charge >= 0.3 is 0 Å². The summed E-state index contributed by atoms with van der Waals surface area (Å²) in [5, 5.41) is 9.35. The van der Waals surface area contributed by atoms with Crippen LogP contribution in [0.1, 0.15) is 0 Å². The molecule has 30 heavy (non-hydrogen) atoms. The summed E-state index contributed by atoms with van der Waals surface area (Å²) in [5.74, 6) is 2.20. The molecule has 10 heteroatoms. The first-order chi connectivity index (χ1) is 14.7. The molecule has 4 rings (SSSR count). The van der Waals surface area contributed by atoms with Crippen LogP contribution in [0.3, 0.4) is 0 Å². The smallest absolute Gasteiger partial charge is 0.233 e. The quantitative estimate of drug-likeness (QED) is 0.629. The van der Waals surface area contributed by atoms with Crippen molar-refractivity contribution in [3.63, 3.8) is 0 Å². The molecular formula is C20H28N6O3S. The number of hydrogen-bond donors (Lipinski definition) is 0. The average molecular weight is 433 g/mol. The van der Waals surface area contributed by atoms with Crippen LogP contribution in [-0.2, 0) is 16.6 Å². The van der Waals surface area contributed by atoms with Gasteiger partial charge in [-0.05, 0) is 24.3 Å². The van der Waals surface area contributed by atoms with E-state index in [1.165, 1.54) is 11.8 Å². The molecule has 0 bridgehead atoms. The molecule has 0 radical (unpaired) electrons. The minimum absolute atomic E-state index is 0.144. The maximum absolute atomic E-state index is 12.7. The minimum Gasteiger partial charge on any atom is -0.497 e. The van der Waals surface area contributed by atoms with Gasteiger partial charge in [0.1, 0.15) is 5.75 Å². The van der Waals surface area contributed by atoms with Crippen LogP contribution in [0, 0.1) is 0 Å². The van der Waals surface area contributed by atoms with E-state index in [1.807, 2.05) is 28.6 Å². The topological polar surface area (TPSA) is 76.0 Å². The van der Waals surface area contributed by atoms with Gasteiger partial charge in [-0.3, -0.25) is 9.36 Å². The van der Waals surface area contributed by atoms with Gasteiger partial charge in [0.2, 0.25) is 11.9 Å². The third-order valence-electron chi connectivity index (χ3n) is 5.50. The standard InChI is InChI=1S/C20H28N6O3S/c1-23-19(26-11-13-29-14-12-26)21-22-20(23)30-15-18(27)25-9-7-24(8-10-25)16-3-5-17(28-2)6-4-16/h3-6H,7-15H2,1-2H3. The molecule has 0 saturated carbocycles. The number of anilines is 2. The SMILES string of the molecule is COc1ccc(N2CCN(C(=O)CSc3nnc(N4CCOCC4)n3C)CC2)cc1. The Morgan fingerprint density at radius 2 is 1.73 bits per heavy atom. The van der Waals surface area contributed by atoms with Gasteiger partial charge in [0, 0.05) is 52.0 Å². The first-order valence-corrected chi connectivity index (χ1v) is 11.2. The number of piperazine rings is 1. The normalized spacial score (nSPS) is 17.3. The fourth-order valence-corrected chi connectivity index (χ4v) is 4.51. The molecule has 0 aliphatic carbocycles. The number of methoxy groups -OCH3 is 1. The summed E-state index contributed by atoms with van der Waals surface area (Å²) < 4.78 is 12.6. The summed E-state index contributed by atoms with van der Waals surface area (Å²) in [5.41, 5.74) is 1.16. The van der Waals surface area contributed by atoms with Gasteiger partial charge in [0.15, 0.2) is 5.16 Å². The van der Waals surface area contributed by atoms with Crippen molar-refractivity contribution < 1.29 is 14.3 Å². The van der Waals surface area contributed by atoms with Crippen LogP contribution in [0.2, 0.25) is 0 Å². The predicted molar refractivity (Wildman–Crippen MR) is 117 cm³/mol. The molecule has 162 valence electrons. The van der Waals surface area contributed by atoms with Gasteiger partial charge in [-0.2, -0.15) is 0 Å². The highest BCUT2D eigenvalue weighted by atomic mass is 32.2. The van der Waals surface area contributed by atoms with Gasteiger partial charge in [0.25, 0.3) is 0 Å². The van der Waals surface area contributed by atoms with Crippen molar-refractivity contribution in [2.24, 2.45) is 7.05 Å². The predicted octanol–water partition coefficient (Wildman–Crippen LogP) is 1.10. The molecule has 2 aliphatic rings. The zero-order chi connectivity index (χ0) is 20.9. The van der Waals surface area contributed by atoms with Crippen LogP contribution in [0.25, 0.3) is 0 Å². The van der Waals surface area contributed by atoms with E-state index in [4.69, 9.17) is 9.47 Å². The zero-order valence-corrected chi connectivity index (χ0v) is 18.3. The summed E-state index contributed by atoms with van der Waals surface area (Å²) in [7, 11) is 3.62. The molecule has 2 saturated heterocycles. The van der Waals surface area contributed by atoms with Crippen molar-refractivity contribution in [2.45, 2.75) is 5.16 Å². The van der Waals surface area contributed by atoms with Gasteiger partial charge in [-0.25, -0.2) is 0 Å². The largest absolute Gasteiger partial charge is 0.497 e. The molecule has 0 N–H and O–H groups in total. The summed E-state index contributed by atoms with van der Waals surface area (Å²) in [4.78, 5) is 19.1. The highest BCUT2D eigenvalue weighted by Gasteiger charge is 2.23. The number of nitrogens with zero attached hydrogens (tertiary/aromatic N) is 6. The van der Waals surface area contributed by atoms with Gasteiger partial charge < -0.3 is 24.2 Å². The molecule has 1 amide bonds. The lowest BCUT2D eigenvalue weighted by molar-refractivity contribution is -0.128. The number of carbonyl (C=O) groups is 1. The molecule has 2 aromatic rings. The van der Waals surface area contributed by atoms with Crippen molar-refractivity contribution in [3.8, 4) is 5.75 Å². The Labute approximate surface area is 180 Å². The number of ether oxygens (including phenoxy) is 2. The summed E-state index contributed by atoms with van der Waals surface area (Å²) in [6, 6.07) is 8.06. The second kappa shape index (κ2) is 9.57. The Kier molecular flexibility index (Phi) is 6.63. The van der Waals surface area contributed by atoms with Crippen molar-refractivity contribution >= 4 is 29.3 Å². The molecule has 1 aromatic heterocycles. The third kappa shape index (κ3) is 4.65. The van der Waals surface area contributed by atoms with E-state index in [0.29, 0.717) is 19.0 Å². The number of thioether (sulfide) groups is 1. The van der Waals surface area contributed by atoms with E-state index in [9.17, 15) is 4.79 Å². The average Bonchev–Trinajstić information content (AvgIpc) is 3.18. The van der Waals surface area contributed by atoms with Crippen LogP contribution in [0.15, 0.2) is 29.4 Å². The molecule has 9 nitrogen and oxygen atoms in total. The molecule has 2 aliphatic heterocycles. The summed E-state index contributed by atoms with van der Waals surface area (Å²) in [6.07, 6.45) is 0. The number of benzene rings is 1. The number of carbonyl (C=O) groups excluding carboxylic acids is 1. The van der Waals surface area contributed by atoms with Crippen LogP contribution < -0.4 is 14.5 Å². The van der Waals surface area contributed by atoms with Crippen molar-refractivity contribution in [1.82, 2.24) is 19.7 Å². The Hall–Kier alpha value is -2.46. The van der Waals surface area contributed by atoms with E-state index in [0.717, 1.165) is 61.8 Å². The zero-order valence-electron chi connectivity index (χ0n) is 17.5. The van der Waals surface area contributed by atoms with Crippen LogP contribution >= 0.6 is 11.8 Å². The molecule has 1 aromatic carbocycles. The van der Waals surface area contributed by atoms with Crippen LogP contribution in [-0.4, -0.2) is 90.9 Å². The Morgan fingerprint density at radius 3 is 2.40 bits per heavy atom. The van der Waals surface area contributed by atoms with E-state index < -0.39 is 0 Å². The second-order valence-corrected chi connectivity index (χ2v) is 8.24. The molecule has 3 heterocycles. The molecular weight excluding hydrogens is 404 g/mol. The van der Waals surface area contributed by atoms with Gasteiger partial charge in [-0.1, -0.05) is 11.8 Å². The highest BCUT2D eigenvalue weighted by molar-refractivity contribution is 7.99. The van der Waals surface area contributed by atoms with Crippen molar-refractivity contribution in [1.29, 1.82) is 0 Å².